The molecule has 0 amide bonds. The average Bonchev–Trinajstić information content (AvgIpc) is 2.12. The average molecular weight is 142 g/mol. The maximum absolute atomic E-state index is 10.7. The van der Waals surface area contributed by atoms with Crippen molar-refractivity contribution in [1.29, 1.82) is 0 Å². The van der Waals surface area contributed by atoms with Crippen molar-refractivity contribution in [3.8, 4) is 0 Å². The maximum Gasteiger partial charge on any atom is 0.132 e. The van der Waals surface area contributed by atoms with Crippen LogP contribution in [0.4, 0.5) is 0 Å². The van der Waals surface area contributed by atoms with E-state index in [0.29, 0.717) is 6.42 Å². The van der Waals surface area contributed by atoms with Crippen LogP contribution in [0.2, 0.25) is 0 Å². The van der Waals surface area contributed by atoms with E-state index in [-0.39, 0.29) is 11.4 Å². The van der Waals surface area contributed by atoms with Crippen LogP contribution in [0.1, 0.15) is 33.1 Å². The second-order valence-corrected chi connectivity index (χ2v) is 3.28. The lowest BCUT2D eigenvalue weighted by molar-refractivity contribution is -0.121. The van der Waals surface area contributed by atoms with E-state index in [9.17, 15) is 4.79 Å². The molecule has 1 saturated heterocycles. The lowest BCUT2D eigenvalue weighted by atomic mass is 9.97. The Morgan fingerprint density at radius 2 is 2.40 bits per heavy atom. The van der Waals surface area contributed by atoms with Crippen molar-refractivity contribution in [1.82, 2.24) is 0 Å². The minimum absolute atomic E-state index is 0.133. The zero-order chi connectivity index (χ0) is 7.61. The van der Waals surface area contributed by atoms with E-state index in [1.54, 1.807) is 6.92 Å². The number of Topliss-reactive ketones (excluding diaryl/α,β-unsaturated/α-hetero) is 1. The fraction of sp³-hybridized carbons (Fsp3) is 0.875. The van der Waals surface area contributed by atoms with Crippen LogP contribution >= 0.6 is 0 Å². The lowest BCUT2D eigenvalue weighted by Gasteiger charge is -2.20. The first-order chi connectivity index (χ1) is 4.62. The van der Waals surface area contributed by atoms with Crippen LogP contribution in [-0.4, -0.2) is 18.0 Å². The van der Waals surface area contributed by atoms with Crippen LogP contribution in [0.3, 0.4) is 0 Å². The summed E-state index contributed by atoms with van der Waals surface area (Å²) in [5.74, 6) is 0.226. The predicted octanol–water partition coefficient (Wildman–Crippen LogP) is 1.53. The third-order valence-corrected chi connectivity index (χ3v) is 1.92. The van der Waals surface area contributed by atoms with Gasteiger partial charge in [-0.25, -0.2) is 0 Å². The van der Waals surface area contributed by atoms with Crippen molar-refractivity contribution in [2.45, 2.75) is 38.7 Å². The largest absolute Gasteiger partial charge is 0.375 e. The Hall–Kier alpha value is -0.370. The van der Waals surface area contributed by atoms with Crippen LogP contribution in [-0.2, 0) is 9.53 Å². The van der Waals surface area contributed by atoms with Crippen molar-refractivity contribution in [2.24, 2.45) is 0 Å². The van der Waals surface area contributed by atoms with Gasteiger partial charge in [-0.3, -0.25) is 4.79 Å². The fourth-order valence-electron chi connectivity index (χ4n) is 1.50. The Labute approximate surface area is 61.6 Å². The number of hydrogen-bond acceptors (Lipinski definition) is 2. The molecule has 1 atom stereocenters. The molecule has 0 bridgehead atoms. The minimum Gasteiger partial charge on any atom is -0.375 e. The number of ketones is 1. The molecule has 1 fully saturated rings. The van der Waals surface area contributed by atoms with Gasteiger partial charge in [-0.2, -0.15) is 0 Å². The molecule has 0 spiro atoms. The zero-order valence-corrected chi connectivity index (χ0v) is 6.64. The third kappa shape index (κ3) is 1.81. The summed E-state index contributed by atoms with van der Waals surface area (Å²) in [5, 5.41) is 0. The fourth-order valence-corrected chi connectivity index (χ4v) is 1.50. The van der Waals surface area contributed by atoms with Crippen molar-refractivity contribution in [3.63, 3.8) is 0 Å². The van der Waals surface area contributed by atoms with Gasteiger partial charge in [0.15, 0.2) is 0 Å². The SMILES string of the molecule is CC(=O)CC1(C)CCCO1. The van der Waals surface area contributed by atoms with Gasteiger partial charge < -0.3 is 4.74 Å². The molecule has 0 aromatic rings. The maximum atomic E-state index is 10.7. The first-order valence-electron chi connectivity index (χ1n) is 3.76. The number of hydrogen-bond donors (Lipinski definition) is 0. The molecule has 0 aliphatic carbocycles. The molecule has 1 rings (SSSR count). The standard InChI is InChI=1S/C8H14O2/c1-7(9)6-8(2)4-3-5-10-8/h3-6H2,1-2H3. The Kier molecular flexibility index (Phi) is 2.09. The quantitative estimate of drug-likeness (QED) is 0.584. The van der Waals surface area contributed by atoms with Gasteiger partial charge in [-0.05, 0) is 26.7 Å². The number of carbonyl (C=O) groups is 1. The van der Waals surface area contributed by atoms with E-state index >= 15 is 0 Å². The Morgan fingerprint density at radius 1 is 1.70 bits per heavy atom. The molecule has 1 aliphatic rings. The predicted molar refractivity (Wildman–Crippen MR) is 38.9 cm³/mol. The van der Waals surface area contributed by atoms with Gasteiger partial charge >= 0.3 is 0 Å². The first kappa shape index (κ1) is 7.73. The van der Waals surface area contributed by atoms with E-state index in [1.807, 2.05) is 6.92 Å². The third-order valence-electron chi connectivity index (χ3n) is 1.92. The zero-order valence-electron chi connectivity index (χ0n) is 6.64. The highest BCUT2D eigenvalue weighted by atomic mass is 16.5. The minimum atomic E-state index is -0.133. The van der Waals surface area contributed by atoms with Crippen LogP contribution in [0.25, 0.3) is 0 Å². The van der Waals surface area contributed by atoms with Crippen molar-refractivity contribution < 1.29 is 9.53 Å². The highest BCUT2D eigenvalue weighted by Gasteiger charge is 2.30. The molecular formula is C8H14O2. The molecule has 0 saturated carbocycles. The molecular weight excluding hydrogens is 128 g/mol. The van der Waals surface area contributed by atoms with E-state index in [0.717, 1.165) is 19.4 Å². The van der Waals surface area contributed by atoms with Crippen molar-refractivity contribution in [2.75, 3.05) is 6.61 Å². The summed E-state index contributed by atoms with van der Waals surface area (Å²) in [7, 11) is 0. The second-order valence-electron chi connectivity index (χ2n) is 3.28. The molecule has 0 N–H and O–H groups in total. The molecule has 0 aromatic carbocycles. The van der Waals surface area contributed by atoms with Crippen LogP contribution < -0.4 is 0 Å². The Bertz CT molecular complexity index is 134. The summed E-state index contributed by atoms with van der Waals surface area (Å²) in [5.41, 5.74) is -0.133. The molecule has 0 radical (unpaired) electrons. The van der Waals surface area contributed by atoms with E-state index < -0.39 is 0 Å². The van der Waals surface area contributed by atoms with Crippen molar-refractivity contribution in [3.05, 3.63) is 0 Å². The summed E-state index contributed by atoms with van der Waals surface area (Å²) >= 11 is 0. The molecule has 10 heavy (non-hydrogen) atoms. The normalized spacial score (nSPS) is 32.6. The van der Waals surface area contributed by atoms with Crippen LogP contribution in [0, 0.1) is 0 Å². The van der Waals surface area contributed by atoms with Gasteiger partial charge in [-0.1, -0.05) is 0 Å². The summed E-state index contributed by atoms with van der Waals surface area (Å²) < 4.78 is 5.43. The molecule has 58 valence electrons. The van der Waals surface area contributed by atoms with Gasteiger partial charge in [0.25, 0.3) is 0 Å². The molecule has 2 heteroatoms. The van der Waals surface area contributed by atoms with Crippen molar-refractivity contribution >= 4 is 5.78 Å². The number of carbonyl (C=O) groups excluding carboxylic acids is 1. The highest BCUT2D eigenvalue weighted by Crippen LogP contribution is 2.28. The Balaban J connectivity index is 2.43. The second kappa shape index (κ2) is 2.70. The molecule has 0 aromatic heterocycles. The van der Waals surface area contributed by atoms with E-state index in [2.05, 4.69) is 0 Å². The molecule has 2 nitrogen and oxygen atoms in total. The van der Waals surface area contributed by atoms with Gasteiger partial charge in [0, 0.05) is 13.0 Å². The van der Waals surface area contributed by atoms with Crippen LogP contribution in [0.15, 0.2) is 0 Å². The molecule has 1 aliphatic heterocycles. The summed E-state index contributed by atoms with van der Waals surface area (Å²) in [6.07, 6.45) is 2.71. The summed E-state index contributed by atoms with van der Waals surface area (Å²) in [6.45, 7) is 4.46. The van der Waals surface area contributed by atoms with Gasteiger partial charge in [0.2, 0.25) is 0 Å². The Morgan fingerprint density at radius 3 is 2.80 bits per heavy atom. The van der Waals surface area contributed by atoms with Gasteiger partial charge in [0.05, 0.1) is 5.60 Å². The lowest BCUT2D eigenvalue weighted by Crippen LogP contribution is -2.25. The topological polar surface area (TPSA) is 26.3 Å². The van der Waals surface area contributed by atoms with E-state index in [4.69, 9.17) is 4.74 Å². The summed E-state index contributed by atoms with van der Waals surface area (Å²) in [6, 6.07) is 0. The van der Waals surface area contributed by atoms with Crippen LogP contribution in [0.5, 0.6) is 0 Å². The highest BCUT2D eigenvalue weighted by molar-refractivity contribution is 5.76. The van der Waals surface area contributed by atoms with Gasteiger partial charge in [0.1, 0.15) is 5.78 Å². The van der Waals surface area contributed by atoms with E-state index in [1.165, 1.54) is 0 Å². The summed E-state index contributed by atoms with van der Waals surface area (Å²) in [4.78, 5) is 10.7. The molecule has 1 heterocycles. The molecule has 1 unspecified atom stereocenters. The smallest absolute Gasteiger partial charge is 0.132 e. The monoisotopic (exact) mass is 142 g/mol. The number of ether oxygens (including phenoxy) is 1. The first-order valence-corrected chi connectivity index (χ1v) is 3.76. The van der Waals surface area contributed by atoms with Gasteiger partial charge in [-0.15, -0.1) is 0 Å². The number of rotatable bonds is 2.